The molecule has 0 radical (unpaired) electrons. The van der Waals surface area contributed by atoms with Crippen LogP contribution in [-0.2, 0) is 0 Å². The second-order valence-corrected chi connectivity index (χ2v) is 5.50. The Hall–Kier alpha value is -3.87. The van der Waals surface area contributed by atoms with E-state index in [1.807, 2.05) is 0 Å². The number of carbonyl (C=O) groups is 2. The summed E-state index contributed by atoms with van der Waals surface area (Å²) in [5, 5.41) is 10.5. The lowest BCUT2D eigenvalue weighted by atomic mass is 10.1. The van der Waals surface area contributed by atoms with Gasteiger partial charge in [-0.1, -0.05) is 12.1 Å². The average molecular weight is 349 g/mol. The largest absolute Gasteiger partial charge is 0.478 e. The fraction of sp³-hybridized carbons (Fsp3) is 0. The first-order chi connectivity index (χ1) is 12.4. The maximum Gasteiger partial charge on any atom is 0.343 e. The minimum absolute atomic E-state index is 0.0671. The summed E-state index contributed by atoms with van der Waals surface area (Å²) in [6, 6.07) is 16.0. The van der Waals surface area contributed by atoms with Crippen LogP contribution in [0.5, 0.6) is 5.75 Å². The van der Waals surface area contributed by atoms with Crippen LogP contribution in [0.25, 0.3) is 10.8 Å². The molecule has 0 spiro atoms. The van der Waals surface area contributed by atoms with Gasteiger partial charge in [-0.2, -0.15) is 0 Å². The van der Waals surface area contributed by atoms with E-state index in [-0.39, 0.29) is 11.5 Å². The van der Waals surface area contributed by atoms with Crippen LogP contribution in [0.15, 0.2) is 65.7 Å². The fourth-order valence-corrected chi connectivity index (χ4v) is 2.41. The quantitative estimate of drug-likeness (QED) is 0.287. The maximum absolute atomic E-state index is 12.2. The van der Waals surface area contributed by atoms with Gasteiger partial charge in [-0.25, -0.2) is 14.6 Å². The average Bonchev–Trinajstić information content (AvgIpc) is 2.61. The van der Waals surface area contributed by atoms with E-state index >= 15 is 0 Å². The molecule has 0 saturated heterocycles. The molecule has 0 amide bonds. The highest BCUT2D eigenvalue weighted by Crippen LogP contribution is 2.23. The second-order valence-electron chi connectivity index (χ2n) is 5.50. The SMILES string of the molecule is NC(N)=Nc1ccc(C(=O)Oc2ccc3cc(C(=O)O)ccc3c2)cc1. The van der Waals surface area contributed by atoms with Crippen molar-refractivity contribution in [3.63, 3.8) is 0 Å². The molecule has 0 bridgehead atoms. The van der Waals surface area contributed by atoms with Gasteiger partial charge < -0.3 is 21.3 Å². The third-order valence-corrected chi connectivity index (χ3v) is 3.63. The monoisotopic (exact) mass is 349 g/mol. The number of hydrogen-bond acceptors (Lipinski definition) is 4. The van der Waals surface area contributed by atoms with Crippen molar-refractivity contribution in [2.75, 3.05) is 0 Å². The zero-order valence-corrected chi connectivity index (χ0v) is 13.5. The van der Waals surface area contributed by atoms with Crippen molar-refractivity contribution in [1.29, 1.82) is 0 Å². The Labute approximate surface area is 148 Å². The molecular weight excluding hydrogens is 334 g/mol. The summed E-state index contributed by atoms with van der Waals surface area (Å²) in [5.74, 6) is -1.23. The number of aromatic carboxylic acids is 1. The molecule has 0 aliphatic carbocycles. The number of carbonyl (C=O) groups excluding carboxylic acids is 1. The van der Waals surface area contributed by atoms with Crippen LogP contribution in [0.3, 0.4) is 0 Å². The highest BCUT2D eigenvalue weighted by Gasteiger charge is 2.10. The second kappa shape index (κ2) is 6.94. The van der Waals surface area contributed by atoms with Crippen molar-refractivity contribution < 1.29 is 19.4 Å². The van der Waals surface area contributed by atoms with Gasteiger partial charge in [0.1, 0.15) is 5.75 Å². The molecule has 5 N–H and O–H groups in total. The number of carboxylic acids is 1. The standard InChI is InChI=1S/C19H15N3O4/c20-19(21)22-15-6-3-11(4-7-15)18(25)26-16-8-5-12-9-14(17(23)24)2-1-13(12)10-16/h1-10H,(H,23,24)(H4,20,21,22). The van der Waals surface area contributed by atoms with E-state index in [4.69, 9.17) is 21.3 Å². The molecular formula is C19H15N3O4. The number of esters is 1. The van der Waals surface area contributed by atoms with E-state index in [1.165, 1.54) is 6.07 Å². The van der Waals surface area contributed by atoms with E-state index in [0.29, 0.717) is 17.0 Å². The van der Waals surface area contributed by atoms with Gasteiger partial charge in [-0.05, 0) is 59.3 Å². The molecule has 0 aliphatic heterocycles. The third-order valence-electron chi connectivity index (χ3n) is 3.63. The first-order valence-corrected chi connectivity index (χ1v) is 7.61. The predicted octanol–water partition coefficient (Wildman–Crippen LogP) is 2.66. The third kappa shape index (κ3) is 3.78. The Kier molecular flexibility index (Phi) is 4.53. The minimum atomic E-state index is -0.994. The molecule has 0 aromatic heterocycles. The molecule has 3 aromatic carbocycles. The molecule has 26 heavy (non-hydrogen) atoms. The summed E-state index contributed by atoms with van der Waals surface area (Å²) in [7, 11) is 0. The smallest absolute Gasteiger partial charge is 0.343 e. The lowest BCUT2D eigenvalue weighted by molar-refractivity contribution is 0.0694. The number of aliphatic imine (C=N–C) groups is 1. The van der Waals surface area contributed by atoms with Gasteiger partial charge in [-0.3, -0.25) is 0 Å². The molecule has 3 rings (SSSR count). The summed E-state index contributed by atoms with van der Waals surface area (Å²) in [5.41, 5.74) is 11.7. The van der Waals surface area contributed by atoms with Crippen molar-refractivity contribution in [2.45, 2.75) is 0 Å². The van der Waals surface area contributed by atoms with Crippen molar-refractivity contribution in [3.05, 3.63) is 71.8 Å². The molecule has 7 nitrogen and oxygen atoms in total. The number of nitrogens with two attached hydrogens (primary N) is 2. The van der Waals surface area contributed by atoms with E-state index in [2.05, 4.69) is 4.99 Å². The molecule has 3 aromatic rings. The number of guanidine groups is 1. The van der Waals surface area contributed by atoms with E-state index in [0.717, 1.165) is 10.8 Å². The van der Waals surface area contributed by atoms with Gasteiger partial charge in [0.15, 0.2) is 5.96 Å². The zero-order valence-electron chi connectivity index (χ0n) is 13.5. The fourth-order valence-electron chi connectivity index (χ4n) is 2.41. The Morgan fingerprint density at radius 3 is 2.12 bits per heavy atom. The first kappa shape index (κ1) is 17.0. The van der Waals surface area contributed by atoms with Gasteiger partial charge in [0, 0.05) is 0 Å². The zero-order chi connectivity index (χ0) is 18.7. The number of fused-ring (bicyclic) bond motifs is 1. The highest BCUT2D eigenvalue weighted by atomic mass is 16.5. The van der Waals surface area contributed by atoms with Gasteiger partial charge in [0.25, 0.3) is 0 Å². The van der Waals surface area contributed by atoms with Crippen molar-refractivity contribution in [3.8, 4) is 5.75 Å². The summed E-state index contributed by atoms with van der Waals surface area (Å²) in [4.78, 5) is 27.1. The number of rotatable bonds is 4. The van der Waals surface area contributed by atoms with Crippen LogP contribution < -0.4 is 16.2 Å². The summed E-state index contributed by atoms with van der Waals surface area (Å²) in [6.45, 7) is 0. The molecule has 0 saturated carbocycles. The van der Waals surface area contributed by atoms with Crippen LogP contribution in [0.4, 0.5) is 5.69 Å². The number of benzene rings is 3. The van der Waals surface area contributed by atoms with Crippen molar-refractivity contribution in [2.24, 2.45) is 16.5 Å². The van der Waals surface area contributed by atoms with Gasteiger partial charge >= 0.3 is 11.9 Å². The lowest BCUT2D eigenvalue weighted by Gasteiger charge is -2.07. The number of ether oxygens (including phenoxy) is 1. The van der Waals surface area contributed by atoms with Crippen molar-refractivity contribution in [1.82, 2.24) is 0 Å². The minimum Gasteiger partial charge on any atom is -0.478 e. The van der Waals surface area contributed by atoms with Crippen LogP contribution >= 0.6 is 0 Å². The molecule has 0 fully saturated rings. The highest BCUT2D eigenvalue weighted by molar-refractivity contribution is 5.96. The number of hydrogen-bond donors (Lipinski definition) is 3. The van der Waals surface area contributed by atoms with Gasteiger partial charge in [0.05, 0.1) is 16.8 Å². The topological polar surface area (TPSA) is 128 Å². The molecule has 0 atom stereocenters. The first-order valence-electron chi connectivity index (χ1n) is 7.61. The van der Waals surface area contributed by atoms with Crippen molar-refractivity contribution >= 4 is 34.4 Å². The molecule has 0 unspecified atom stereocenters. The predicted molar refractivity (Wildman–Crippen MR) is 97.8 cm³/mol. The Morgan fingerprint density at radius 2 is 1.46 bits per heavy atom. The van der Waals surface area contributed by atoms with Crippen LogP contribution in [0.1, 0.15) is 20.7 Å². The van der Waals surface area contributed by atoms with Gasteiger partial charge in [-0.15, -0.1) is 0 Å². The number of carboxylic acid groups (broad SMARTS) is 1. The summed E-state index contributed by atoms with van der Waals surface area (Å²) >= 11 is 0. The van der Waals surface area contributed by atoms with E-state index in [9.17, 15) is 9.59 Å². The lowest BCUT2D eigenvalue weighted by Crippen LogP contribution is -2.21. The Balaban J connectivity index is 1.79. The van der Waals surface area contributed by atoms with Crippen LogP contribution in [0, 0.1) is 0 Å². The number of nitrogens with zero attached hydrogens (tertiary/aromatic N) is 1. The summed E-state index contributed by atoms with van der Waals surface area (Å²) < 4.78 is 5.37. The Bertz CT molecular complexity index is 1020. The van der Waals surface area contributed by atoms with Gasteiger partial charge in [0.2, 0.25) is 0 Å². The molecule has 0 heterocycles. The normalized spacial score (nSPS) is 10.3. The summed E-state index contributed by atoms with van der Waals surface area (Å²) in [6.07, 6.45) is 0. The van der Waals surface area contributed by atoms with Crippen LogP contribution in [-0.4, -0.2) is 23.0 Å². The van der Waals surface area contributed by atoms with E-state index < -0.39 is 11.9 Å². The molecule has 130 valence electrons. The molecule has 7 heteroatoms. The Morgan fingerprint density at radius 1 is 0.846 bits per heavy atom. The van der Waals surface area contributed by atoms with E-state index in [1.54, 1.807) is 54.6 Å². The van der Waals surface area contributed by atoms with Crippen LogP contribution in [0.2, 0.25) is 0 Å². The maximum atomic E-state index is 12.2. The molecule has 0 aliphatic rings.